The van der Waals surface area contributed by atoms with Crippen LogP contribution in [-0.4, -0.2) is 36.5 Å². The van der Waals surface area contributed by atoms with Gasteiger partial charge < -0.3 is 10.2 Å². The molecule has 1 saturated heterocycles. The number of carbonyl (C=O) groups is 1. The minimum atomic E-state index is 0.300. The standard InChI is InChI=1S/C15H28N2O/c1-3-17(11-13-8-4-5-10-16-13)15(18)14-9-6-7-12(14)2/h12-14,16H,3-11H2,1-2H3. The van der Waals surface area contributed by atoms with Crippen molar-refractivity contribution in [1.82, 2.24) is 10.2 Å². The summed E-state index contributed by atoms with van der Waals surface area (Å²) in [5.74, 6) is 1.30. The maximum Gasteiger partial charge on any atom is 0.225 e. The fourth-order valence-electron chi connectivity index (χ4n) is 3.47. The van der Waals surface area contributed by atoms with Gasteiger partial charge >= 0.3 is 0 Å². The van der Waals surface area contributed by atoms with Crippen molar-refractivity contribution < 1.29 is 4.79 Å². The number of hydrogen-bond donors (Lipinski definition) is 1. The van der Waals surface area contributed by atoms with E-state index < -0.39 is 0 Å². The molecule has 0 spiro atoms. The summed E-state index contributed by atoms with van der Waals surface area (Å²) in [5, 5.41) is 3.55. The van der Waals surface area contributed by atoms with Crippen molar-refractivity contribution in [1.29, 1.82) is 0 Å². The van der Waals surface area contributed by atoms with E-state index in [9.17, 15) is 4.79 Å². The number of nitrogens with one attached hydrogen (secondary N) is 1. The Bertz CT molecular complexity index is 274. The predicted octanol–water partition coefficient (Wildman–Crippen LogP) is 2.41. The lowest BCUT2D eigenvalue weighted by Crippen LogP contribution is -2.47. The summed E-state index contributed by atoms with van der Waals surface area (Å²) in [5.41, 5.74) is 0. The van der Waals surface area contributed by atoms with E-state index in [-0.39, 0.29) is 0 Å². The van der Waals surface area contributed by atoms with Gasteiger partial charge in [-0.25, -0.2) is 0 Å². The number of carbonyl (C=O) groups excluding carboxylic acids is 1. The average molecular weight is 252 g/mol. The molecule has 1 aliphatic carbocycles. The summed E-state index contributed by atoms with van der Waals surface area (Å²) in [6.07, 6.45) is 7.39. The Morgan fingerprint density at radius 3 is 2.61 bits per heavy atom. The first-order chi connectivity index (χ1) is 8.72. The lowest BCUT2D eigenvalue weighted by atomic mass is 9.96. The van der Waals surface area contributed by atoms with E-state index in [1.165, 1.54) is 32.1 Å². The summed E-state index contributed by atoms with van der Waals surface area (Å²) in [6, 6.07) is 0.527. The second kappa shape index (κ2) is 6.55. The van der Waals surface area contributed by atoms with Crippen LogP contribution in [0, 0.1) is 11.8 Å². The Hall–Kier alpha value is -0.570. The van der Waals surface area contributed by atoms with Gasteiger partial charge in [0, 0.05) is 25.0 Å². The van der Waals surface area contributed by atoms with E-state index in [4.69, 9.17) is 0 Å². The van der Waals surface area contributed by atoms with Crippen LogP contribution in [0.1, 0.15) is 52.4 Å². The van der Waals surface area contributed by atoms with Crippen molar-refractivity contribution in [3.63, 3.8) is 0 Å². The molecule has 0 radical (unpaired) electrons. The van der Waals surface area contributed by atoms with Gasteiger partial charge in [0.15, 0.2) is 0 Å². The van der Waals surface area contributed by atoms with E-state index in [1.54, 1.807) is 0 Å². The molecule has 1 amide bonds. The molecule has 18 heavy (non-hydrogen) atoms. The number of hydrogen-bond acceptors (Lipinski definition) is 2. The van der Waals surface area contributed by atoms with Gasteiger partial charge in [0.05, 0.1) is 0 Å². The second-order valence-corrected chi connectivity index (χ2v) is 6.04. The van der Waals surface area contributed by atoms with Gasteiger partial charge in [-0.3, -0.25) is 4.79 Å². The highest BCUT2D eigenvalue weighted by Crippen LogP contribution is 2.32. The number of amides is 1. The molecule has 3 heteroatoms. The highest BCUT2D eigenvalue weighted by Gasteiger charge is 2.33. The van der Waals surface area contributed by atoms with Crippen LogP contribution in [0.4, 0.5) is 0 Å². The van der Waals surface area contributed by atoms with Gasteiger partial charge in [-0.05, 0) is 45.1 Å². The van der Waals surface area contributed by atoms with Gasteiger partial charge in [0.25, 0.3) is 0 Å². The van der Waals surface area contributed by atoms with Crippen LogP contribution in [-0.2, 0) is 4.79 Å². The molecule has 3 unspecified atom stereocenters. The number of piperidine rings is 1. The third-order valence-electron chi connectivity index (χ3n) is 4.73. The Morgan fingerprint density at radius 2 is 2.06 bits per heavy atom. The zero-order chi connectivity index (χ0) is 13.0. The van der Waals surface area contributed by atoms with Gasteiger partial charge in [-0.1, -0.05) is 19.8 Å². The fraction of sp³-hybridized carbons (Fsp3) is 0.933. The molecular weight excluding hydrogens is 224 g/mol. The van der Waals surface area contributed by atoms with Crippen molar-refractivity contribution in [2.24, 2.45) is 11.8 Å². The molecule has 2 fully saturated rings. The van der Waals surface area contributed by atoms with E-state index in [1.807, 2.05) is 0 Å². The molecule has 104 valence electrons. The highest BCUT2D eigenvalue weighted by atomic mass is 16.2. The average Bonchev–Trinajstić information content (AvgIpc) is 2.82. The first-order valence-corrected chi connectivity index (χ1v) is 7.74. The van der Waals surface area contributed by atoms with E-state index in [2.05, 4.69) is 24.1 Å². The molecule has 2 aliphatic rings. The normalized spacial score (nSPS) is 32.4. The predicted molar refractivity (Wildman–Crippen MR) is 74.4 cm³/mol. The summed E-state index contributed by atoms with van der Waals surface area (Å²) in [7, 11) is 0. The zero-order valence-corrected chi connectivity index (χ0v) is 12.0. The third-order valence-corrected chi connectivity index (χ3v) is 4.73. The molecule has 1 heterocycles. The maximum absolute atomic E-state index is 12.6. The smallest absolute Gasteiger partial charge is 0.225 e. The first-order valence-electron chi connectivity index (χ1n) is 7.74. The van der Waals surface area contributed by atoms with E-state index >= 15 is 0 Å². The molecule has 0 aromatic rings. The van der Waals surface area contributed by atoms with Gasteiger partial charge in [0.2, 0.25) is 5.91 Å². The van der Waals surface area contributed by atoms with Crippen molar-refractivity contribution in [2.75, 3.05) is 19.6 Å². The summed E-state index contributed by atoms with van der Waals surface area (Å²) in [4.78, 5) is 14.7. The summed E-state index contributed by atoms with van der Waals surface area (Å²) < 4.78 is 0. The minimum Gasteiger partial charge on any atom is -0.341 e. The minimum absolute atomic E-state index is 0.300. The molecule has 0 aromatic carbocycles. The summed E-state index contributed by atoms with van der Waals surface area (Å²) in [6.45, 7) is 7.25. The van der Waals surface area contributed by atoms with Crippen molar-refractivity contribution >= 4 is 5.91 Å². The van der Waals surface area contributed by atoms with Gasteiger partial charge in [0.1, 0.15) is 0 Å². The molecule has 1 N–H and O–H groups in total. The Labute approximate surface area is 111 Å². The van der Waals surface area contributed by atoms with E-state index in [0.29, 0.717) is 23.8 Å². The number of rotatable bonds is 4. The summed E-state index contributed by atoms with van der Waals surface area (Å²) >= 11 is 0. The quantitative estimate of drug-likeness (QED) is 0.833. The Balaban J connectivity index is 1.88. The number of likely N-dealkylation sites (N-methyl/N-ethyl adjacent to an activating group) is 1. The largest absolute Gasteiger partial charge is 0.341 e. The van der Waals surface area contributed by atoms with Crippen molar-refractivity contribution in [3.8, 4) is 0 Å². The zero-order valence-electron chi connectivity index (χ0n) is 12.0. The molecular formula is C15H28N2O. The first kappa shape index (κ1) is 13.9. The lowest BCUT2D eigenvalue weighted by molar-refractivity contribution is -0.136. The fourth-order valence-corrected chi connectivity index (χ4v) is 3.47. The highest BCUT2D eigenvalue weighted by molar-refractivity contribution is 5.79. The van der Waals surface area contributed by atoms with Crippen LogP contribution in [0.2, 0.25) is 0 Å². The monoisotopic (exact) mass is 252 g/mol. The van der Waals surface area contributed by atoms with Crippen LogP contribution >= 0.6 is 0 Å². The van der Waals surface area contributed by atoms with Crippen LogP contribution in [0.25, 0.3) is 0 Å². The van der Waals surface area contributed by atoms with Gasteiger partial charge in [-0.2, -0.15) is 0 Å². The Morgan fingerprint density at radius 1 is 1.22 bits per heavy atom. The van der Waals surface area contributed by atoms with Crippen molar-refractivity contribution in [2.45, 2.75) is 58.4 Å². The molecule has 1 saturated carbocycles. The maximum atomic E-state index is 12.6. The molecule has 0 aromatic heterocycles. The van der Waals surface area contributed by atoms with Crippen LogP contribution < -0.4 is 5.32 Å². The van der Waals surface area contributed by atoms with E-state index in [0.717, 1.165) is 26.1 Å². The molecule has 2 rings (SSSR count). The second-order valence-electron chi connectivity index (χ2n) is 6.04. The van der Waals surface area contributed by atoms with Gasteiger partial charge in [-0.15, -0.1) is 0 Å². The SMILES string of the molecule is CCN(CC1CCCCN1)C(=O)C1CCCC1C. The topological polar surface area (TPSA) is 32.3 Å². The lowest BCUT2D eigenvalue weighted by Gasteiger charge is -2.32. The number of nitrogens with zero attached hydrogens (tertiary/aromatic N) is 1. The van der Waals surface area contributed by atoms with Crippen molar-refractivity contribution in [3.05, 3.63) is 0 Å². The molecule has 3 nitrogen and oxygen atoms in total. The molecule has 3 atom stereocenters. The Kier molecular flexibility index (Phi) is 5.04. The van der Waals surface area contributed by atoms with Crippen LogP contribution in [0.5, 0.6) is 0 Å². The third kappa shape index (κ3) is 3.25. The van der Waals surface area contributed by atoms with Crippen LogP contribution in [0.3, 0.4) is 0 Å². The van der Waals surface area contributed by atoms with Crippen LogP contribution in [0.15, 0.2) is 0 Å². The molecule has 1 aliphatic heterocycles. The molecule has 0 bridgehead atoms.